The van der Waals surface area contributed by atoms with Crippen LogP contribution >= 0.6 is 0 Å². The van der Waals surface area contributed by atoms with E-state index in [1.54, 1.807) is 4.90 Å². The molecule has 2 fully saturated rings. The summed E-state index contributed by atoms with van der Waals surface area (Å²) in [5.74, 6) is -0.167. The predicted octanol–water partition coefficient (Wildman–Crippen LogP) is 2.28. The molecule has 0 aliphatic carbocycles. The molecule has 6 nitrogen and oxygen atoms in total. The van der Waals surface area contributed by atoms with Gasteiger partial charge in [0.15, 0.2) is 0 Å². The van der Waals surface area contributed by atoms with Gasteiger partial charge in [-0.1, -0.05) is 30.3 Å². The number of hydrogen-bond acceptors (Lipinski definition) is 5. The molecule has 1 aromatic rings. The standard InChI is InChI=1S/C19H26N2O4/c1-24-18(22)16-8-5-10-20(12-16)17-9-11-21(13-17)19(23)25-14-15-6-3-2-4-7-15/h2-4,6-7,16-17H,5,8-14H2,1H3. The largest absolute Gasteiger partial charge is 0.469 e. The summed E-state index contributed by atoms with van der Waals surface area (Å²) in [5.41, 5.74) is 0.989. The van der Waals surface area contributed by atoms with Crippen LogP contribution in [0.3, 0.4) is 0 Å². The van der Waals surface area contributed by atoms with Crippen LogP contribution in [0.2, 0.25) is 0 Å². The average molecular weight is 346 g/mol. The second kappa shape index (κ2) is 8.34. The van der Waals surface area contributed by atoms with Crippen molar-refractivity contribution in [2.45, 2.75) is 31.9 Å². The first kappa shape index (κ1) is 17.7. The van der Waals surface area contributed by atoms with Crippen LogP contribution in [0.5, 0.6) is 0 Å². The highest BCUT2D eigenvalue weighted by Crippen LogP contribution is 2.24. The molecular formula is C19H26N2O4. The molecule has 0 N–H and O–H groups in total. The summed E-state index contributed by atoms with van der Waals surface area (Å²) in [4.78, 5) is 28.2. The fourth-order valence-corrected chi connectivity index (χ4v) is 3.71. The Kier molecular flexibility index (Phi) is 5.91. The molecule has 2 aliphatic rings. The number of benzene rings is 1. The summed E-state index contributed by atoms with van der Waals surface area (Å²) in [7, 11) is 1.45. The minimum absolute atomic E-state index is 0.0437. The van der Waals surface area contributed by atoms with Crippen LogP contribution in [0.15, 0.2) is 30.3 Å². The Bertz CT molecular complexity index is 592. The number of amides is 1. The lowest BCUT2D eigenvalue weighted by atomic mass is 9.96. The van der Waals surface area contributed by atoms with Gasteiger partial charge >= 0.3 is 12.1 Å². The Balaban J connectivity index is 1.47. The van der Waals surface area contributed by atoms with Gasteiger partial charge in [-0.15, -0.1) is 0 Å². The summed E-state index contributed by atoms with van der Waals surface area (Å²) in [5, 5.41) is 0. The van der Waals surface area contributed by atoms with E-state index in [9.17, 15) is 9.59 Å². The minimum Gasteiger partial charge on any atom is -0.469 e. The van der Waals surface area contributed by atoms with Crippen LogP contribution < -0.4 is 0 Å². The quantitative estimate of drug-likeness (QED) is 0.783. The Morgan fingerprint density at radius 1 is 1.12 bits per heavy atom. The topological polar surface area (TPSA) is 59.1 Å². The zero-order chi connectivity index (χ0) is 17.6. The third-order valence-electron chi connectivity index (χ3n) is 5.13. The van der Waals surface area contributed by atoms with Crippen LogP contribution in [0.4, 0.5) is 4.79 Å². The molecular weight excluding hydrogens is 320 g/mol. The summed E-state index contributed by atoms with van der Waals surface area (Å²) >= 11 is 0. The van der Waals surface area contributed by atoms with Crippen LogP contribution in [0, 0.1) is 5.92 Å². The Hall–Kier alpha value is -2.08. The molecule has 136 valence electrons. The lowest BCUT2D eigenvalue weighted by Gasteiger charge is -2.35. The van der Waals surface area contributed by atoms with E-state index in [1.807, 2.05) is 30.3 Å². The van der Waals surface area contributed by atoms with Crippen molar-refractivity contribution in [3.05, 3.63) is 35.9 Å². The average Bonchev–Trinajstić information content (AvgIpc) is 3.17. The van der Waals surface area contributed by atoms with E-state index >= 15 is 0 Å². The molecule has 6 heteroatoms. The molecule has 0 spiro atoms. The van der Waals surface area contributed by atoms with Gasteiger partial charge < -0.3 is 14.4 Å². The van der Waals surface area contributed by atoms with Gasteiger partial charge in [-0.3, -0.25) is 9.69 Å². The number of rotatable bonds is 4. The van der Waals surface area contributed by atoms with E-state index in [0.717, 1.165) is 37.9 Å². The van der Waals surface area contributed by atoms with Gasteiger partial charge in [0.1, 0.15) is 6.61 Å². The van der Waals surface area contributed by atoms with E-state index in [0.29, 0.717) is 25.7 Å². The molecule has 1 amide bonds. The van der Waals surface area contributed by atoms with Gasteiger partial charge in [0.25, 0.3) is 0 Å². The Morgan fingerprint density at radius 2 is 1.92 bits per heavy atom. The van der Waals surface area contributed by atoms with Crippen molar-refractivity contribution >= 4 is 12.1 Å². The number of nitrogens with zero attached hydrogens (tertiary/aromatic N) is 2. The van der Waals surface area contributed by atoms with E-state index in [2.05, 4.69) is 4.90 Å². The monoisotopic (exact) mass is 346 g/mol. The number of esters is 1. The first-order chi connectivity index (χ1) is 12.2. The number of carbonyl (C=O) groups excluding carboxylic acids is 2. The highest BCUT2D eigenvalue weighted by molar-refractivity contribution is 5.72. The molecule has 2 atom stereocenters. The molecule has 0 saturated carbocycles. The van der Waals surface area contributed by atoms with Crippen molar-refractivity contribution in [1.29, 1.82) is 0 Å². The maximum Gasteiger partial charge on any atom is 0.410 e. The third-order valence-corrected chi connectivity index (χ3v) is 5.13. The van der Waals surface area contributed by atoms with Crippen molar-refractivity contribution in [2.75, 3.05) is 33.3 Å². The summed E-state index contributed by atoms with van der Waals surface area (Å²) < 4.78 is 10.3. The Labute approximate surface area is 148 Å². The highest BCUT2D eigenvalue weighted by Gasteiger charge is 2.35. The van der Waals surface area contributed by atoms with Gasteiger partial charge in [0.2, 0.25) is 0 Å². The zero-order valence-corrected chi connectivity index (χ0v) is 14.7. The number of methoxy groups -OCH3 is 1. The smallest absolute Gasteiger partial charge is 0.410 e. The van der Waals surface area contributed by atoms with Gasteiger partial charge in [0, 0.05) is 25.7 Å². The minimum atomic E-state index is -0.257. The van der Waals surface area contributed by atoms with Crippen LogP contribution in [-0.2, 0) is 20.9 Å². The first-order valence-electron chi connectivity index (χ1n) is 8.95. The lowest BCUT2D eigenvalue weighted by Crippen LogP contribution is -2.46. The number of piperidine rings is 1. The fraction of sp³-hybridized carbons (Fsp3) is 0.579. The van der Waals surface area contributed by atoms with Crippen LogP contribution in [0.1, 0.15) is 24.8 Å². The van der Waals surface area contributed by atoms with Gasteiger partial charge in [-0.2, -0.15) is 0 Å². The molecule has 3 rings (SSSR count). The third kappa shape index (κ3) is 4.51. The maximum atomic E-state index is 12.3. The summed E-state index contributed by atoms with van der Waals surface area (Å²) in [6.07, 6.45) is 2.55. The van der Waals surface area contributed by atoms with Crippen molar-refractivity contribution in [3.63, 3.8) is 0 Å². The maximum absolute atomic E-state index is 12.3. The number of ether oxygens (including phenoxy) is 2. The summed E-state index contributed by atoms with van der Waals surface area (Å²) in [6.45, 7) is 3.38. The lowest BCUT2D eigenvalue weighted by molar-refractivity contribution is -0.147. The summed E-state index contributed by atoms with van der Waals surface area (Å²) in [6, 6.07) is 10.0. The predicted molar refractivity (Wildman–Crippen MR) is 92.9 cm³/mol. The molecule has 0 radical (unpaired) electrons. The normalized spacial score (nSPS) is 24.1. The second-order valence-corrected chi connectivity index (χ2v) is 6.79. The molecule has 2 aliphatic heterocycles. The van der Waals surface area contributed by atoms with Crippen molar-refractivity contribution in [2.24, 2.45) is 5.92 Å². The van der Waals surface area contributed by atoms with Crippen molar-refractivity contribution in [1.82, 2.24) is 9.80 Å². The zero-order valence-electron chi connectivity index (χ0n) is 14.7. The van der Waals surface area contributed by atoms with Gasteiger partial charge in [-0.05, 0) is 31.4 Å². The van der Waals surface area contributed by atoms with Crippen molar-refractivity contribution < 1.29 is 19.1 Å². The van der Waals surface area contributed by atoms with E-state index in [-0.39, 0.29) is 18.0 Å². The highest BCUT2D eigenvalue weighted by atomic mass is 16.6. The molecule has 25 heavy (non-hydrogen) atoms. The SMILES string of the molecule is COC(=O)C1CCCN(C2CCN(C(=O)OCc3ccccc3)C2)C1. The van der Waals surface area contributed by atoms with Crippen LogP contribution in [0.25, 0.3) is 0 Å². The fourth-order valence-electron chi connectivity index (χ4n) is 3.71. The molecule has 2 heterocycles. The van der Waals surface area contributed by atoms with E-state index in [4.69, 9.17) is 9.47 Å². The number of hydrogen-bond donors (Lipinski definition) is 0. The van der Waals surface area contributed by atoms with E-state index < -0.39 is 0 Å². The van der Waals surface area contributed by atoms with Gasteiger partial charge in [-0.25, -0.2) is 4.79 Å². The second-order valence-electron chi connectivity index (χ2n) is 6.79. The number of carbonyl (C=O) groups is 2. The van der Waals surface area contributed by atoms with Crippen molar-refractivity contribution in [3.8, 4) is 0 Å². The first-order valence-corrected chi connectivity index (χ1v) is 8.95. The molecule has 1 aromatic carbocycles. The Morgan fingerprint density at radius 3 is 2.68 bits per heavy atom. The molecule has 0 aromatic heterocycles. The molecule has 2 unspecified atom stereocenters. The number of likely N-dealkylation sites (tertiary alicyclic amines) is 2. The molecule has 2 saturated heterocycles. The van der Waals surface area contributed by atoms with Gasteiger partial charge in [0.05, 0.1) is 13.0 Å². The van der Waals surface area contributed by atoms with Crippen LogP contribution in [-0.4, -0.2) is 61.2 Å². The molecule has 0 bridgehead atoms. The van der Waals surface area contributed by atoms with E-state index in [1.165, 1.54) is 7.11 Å².